The van der Waals surface area contributed by atoms with Crippen molar-refractivity contribution < 1.29 is 28.6 Å². The summed E-state index contributed by atoms with van der Waals surface area (Å²) in [5, 5.41) is 0. The van der Waals surface area contributed by atoms with Crippen molar-refractivity contribution in [2.45, 2.75) is 322 Å². The van der Waals surface area contributed by atoms with Crippen LogP contribution in [0.25, 0.3) is 0 Å². The van der Waals surface area contributed by atoms with Crippen LogP contribution >= 0.6 is 0 Å². The standard InChI is InChI=1S/C69H120O6/c1-4-7-10-13-16-19-22-25-28-31-33-34-36-39-41-44-47-50-53-56-59-62-68(71)74-65-66(75-69(72)63-60-57-54-51-48-45-42-37-30-27-24-21-18-15-12-9-6-3)64-73-67(70)61-58-55-52-49-46-43-40-38-35-32-29-26-23-20-17-14-11-8-5-2/h8,11,17-18,20-21,26-27,29-30,35,38,43,46,66H,4-7,9-10,12-16,19,22-25,28,31-34,36-37,39-42,44-45,47-65H2,1-3H3/b11-8-,20-17-,21-18-,29-26-,30-27-,38-35-,46-43-/t66-/m1/s1. The SMILES string of the molecule is CC/C=C\C/C=C\C/C=C\C/C=C\C/C=C\CCCCCC(=O)OC[C@H](COC(=O)CCCCCCCCCCCCCCCCCCCCCCC)OC(=O)CCCCCCCCC/C=C\C/C=C\CCCCC. The summed E-state index contributed by atoms with van der Waals surface area (Å²) < 4.78 is 16.9. The fraction of sp³-hybridized carbons (Fsp3) is 0.754. The highest BCUT2D eigenvalue weighted by molar-refractivity contribution is 5.71. The molecule has 0 bridgehead atoms. The van der Waals surface area contributed by atoms with E-state index in [-0.39, 0.29) is 31.1 Å². The van der Waals surface area contributed by atoms with Crippen LogP contribution in [-0.2, 0) is 28.6 Å². The lowest BCUT2D eigenvalue weighted by Crippen LogP contribution is -2.30. The normalized spacial score (nSPS) is 12.6. The minimum atomic E-state index is -0.795. The van der Waals surface area contributed by atoms with Crippen molar-refractivity contribution in [3.05, 3.63) is 85.1 Å². The van der Waals surface area contributed by atoms with Crippen LogP contribution in [0.2, 0.25) is 0 Å². The molecule has 0 rings (SSSR count). The van der Waals surface area contributed by atoms with Gasteiger partial charge in [0.2, 0.25) is 0 Å². The third-order valence-corrected chi connectivity index (χ3v) is 13.9. The van der Waals surface area contributed by atoms with E-state index in [0.29, 0.717) is 19.3 Å². The van der Waals surface area contributed by atoms with Gasteiger partial charge in [-0.1, -0.05) is 286 Å². The van der Waals surface area contributed by atoms with Crippen LogP contribution in [0, 0.1) is 0 Å². The van der Waals surface area contributed by atoms with Gasteiger partial charge in [0.25, 0.3) is 0 Å². The molecule has 0 spiro atoms. The fourth-order valence-electron chi connectivity index (χ4n) is 9.09. The summed E-state index contributed by atoms with van der Waals surface area (Å²) in [4.78, 5) is 38.3. The average molecular weight is 1050 g/mol. The second-order valence-corrected chi connectivity index (χ2v) is 21.3. The predicted octanol–water partition coefficient (Wildman–Crippen LogP) is 21.9. The Morgan fingerprint density at radius 3 is 0.853 bits per heavy atom. The zero-order valence-electron chi connectivity index (χ0n) is 49.6. The number of carbonyl (C=O) groups excluding carboxylic acids is 3. The van der Waals surface area contributed by atoms with Crippen LogP contribution in [0.15, 0.2) is 85.1 Å². The third-order valence-electron chi connectivity index (χ3n) is 13.9. The molecule has 0 heterocycles. The van der Waals surface area contributed by atoms with Crippen molar-refractivity contribution >= 4 is 17.9 Å². The van der Waals surface area contributed by atoms with Gasteiger partial charge in [0.1, 0.15) is 13.2 Å². The van der Waals surface area contributed by atoms with E-state index in [1.807, 2.05) is 0 Å². The van der Waals surface area contributed by atoms with E-state index in [1.54, 1.807) is 0 Å². The Morgan fingerprint density at radius 1 is 0.280 bits per heavy atom. The monoisotopic (exact) mass is 1040 g/mol. The zero-order chi connectivity index (χ0) is 54.3. The Bertz CT molecular complexity index is 1430. The second kappa shape index (κ2) is 63.1. The lowest BCUT2D eigenvalue weighted by atomic mass is 10.0. The topological polar surface area (TPSA) is 78.9 Å². The molecule has 75 heavy (non-hydrogen) atoms. The number of esters is 3. The summed E-state index contributed by atoms with van der Waals surface area (Å²) >= 11 is 0. The molecule has 0 fully saturated rings. The summed E-state index contributed by atoms with van der Waals surface area (Å²) in [6.45, 7) is 6.51. The van der Waals surface area contributed by atoms with Crippen LogP contribution in [0.1, 0.15) is 316 Å². The predicted molar refractivity (Wildman–Crippen MR) is 325 cm³/mol. The first kappa shape index (κ1) is 71.6. The smallest absolute Gasteiger partial charge is 0.306 e. The van der Waals surface area contributed by atoms with E-state index in [4.69, 9.17) is 14.2 Å². The molecule has 0 aliphatic carbocycles. The highest BCUT2D eigenvalue weighted by atomic mass is 16.6. The highest BCUT2D eigenvalue weighted by Crippen LogP contribution is 2.17. The number of carbonyl (C=O) groups is 3. The zero-order valence-corrected chi connectivity index (χ0v) is 49.6. The number of ether oxygens (including phenoxy) is 3. The summed E-state index contributed by atoms with van der Waals surface area (Å²) in [5.74, 6) is -0.915. The lowest BCUT2D eigenvalue weighted by molar-refractivity contribution is -0.167. The molecule has 0 aromatic carbocycles. The molecule has 1 atom stereocenters. The first-order chi connectivity index (χ1) is 37.0. The van der Waals surface area contributed by atoms with Gasteiger partial charge in [-0.25, -0.2) is 0 Å². The molecule has 432 valence electrons. The molecule has 6 nitrogen and oxygen atoms in total. The molecule has 0 aromatic heterocycles. The van der Waals surface area contributed by atoms with Gasteiger partial charge in [0, 0.05) is 19.3 Å². The molecular formula is C69H120O6. The Kier molecular flexibility index (Phi) is 60.3. The van der Waals surface area contributed by atoms with E-state index < -0.39 is 6.10 Å². The fourth-order valence-corrected chi connectivity index (χ4v) is 9.09. The van der Waals surface area contributed by atoms with Gasteiger partial charge in [-0.2, -0.15) is 0 Å². The van der Waals surface area contributed by atoms with Crippen molar-refractivity contribution in [2.75, 3.05) is 13.2 Å². The quantitative estimate of drug-likeness (QED) is 0.0261. The van der Waals surface area contributed by atoms with Crippen LogP contribution in [0.3, 0.4) is 0 Å². The Balaban J connectivity index is 4.41. The van der Waals surface area contributed by atoms with Crippen LogP contribution in [0.4, 0.5) is 0 Å². The Hall–Kier alpha value is -3.41. The van der Waals surface area contributed by atoms with E-state index in [9.17, 15) is 14.4 Å². The Morgan fingerprint density at radius 2 is 0.520 bits per heavy atom. The molecule has 0 aliphatic rings. The minimum absolute atomic E-state index is 0.0880. The molecule has 0 amide bonds. The number of hydrogen-bond donors (Lipinski definition) is 0. The molecule has 0 saturated carbocycles. The van der Waals surface area contributed by atoms with Crippen molar-refractivity contribution in [1.29, 1.82) is 0 Å². The second-order valence-electron chi connectivity index (χ2n) is 21.3. The maximum absolute atomic E-state index is 12.9. The third kappa shape index (κ3) is 61.3. The number of rotatable bonds is 58. The van der Waals surface area contributed by atoms with E-state index >= 15 is 0 Å². The van der Waals surface area contributed by atoms with E-state index in [2.05, 4.69) is 106 Å². The van der Waals surface area contributed by atoms with Crippen LogP contribution < -0.4 is 0 Å². The number of allylic oxidation sites excluding steroid dienone is 14. The van der Waals surface area contributed by atoms with Gasteiger partial charge in [-0.15, -0.1) is 0 Å². The lowest BCUT2D eigenvalue weighted by Gasteiger charge is -2.18. The number of unbranched alkanes of at least 4 members (excludes halogenated alkanes) is 33. The van der Waals surface area contributed by atoms with Crippen molar-refractivity contribution in [3.63, 3.8) is 0 Å². The molecule has 0 saturated heterocycles. The average Bonchev–Trinajstić information content (AvgIpc) is 3.41. The molecular weight excluding hydrogens is 925 g/mol. The van der Waals surface area contributed by atoms with Crippen LogP contribution in [0.5, 0.6) is 0 Å². The van der Waals surface area contributed by atoms with Gasteiger partial charge < -0.3 is 14.2 Å². The first-order valence-corrected chi connectivity index (χ1v) is 32.1. The molecule has 0 aliphatic heterocycles. The molecule has 0 radical (unpaired) electrons. The van der Waals surface area contributed by atoms with Gasteiger partial charge in [0.05, 0.1) is 0 Å². The molecule has 0 aromatic rings. The molecule has 0 unspecified atom stereocenters. The summed E-state index contributed by atoms with van der Waals surface area (Å²) in [6, 6.07) is 0. The van der Waals surface area contributed by atoms with Crippen molar-refractivity contribution in [1.82, 2.24) is 0 Å². The number of hydrogen-bond acceptors (Lipinski definition) is 6. The van der Waals surface area contributed by atoms with Crippen molar-refractivity contribution in [3.8, 4) is 0 Å². The van der Waals surface area contributed by atoms with Crippen LogP contribution in [-0.4, -0.2) is 37.2 Å². The van der Waals surface area contributed by atoms with E-state index in [0.717, 1.165) is 109 Å². The van der Waals surface area contributed by atoms with Gasteiger partial charge >= 0.3 is 17.9 Å². The van der Waals surface area contributed by atoms with E-state index in [1.165, 1.54) is 167 Å². The van der Waals surface area contributed by atoms with Gasteiger partial charge in [0.15, 0.2) is 6.10 Å². The first-order valence-electron chi connectivity index (χ1n) is 32.1. The molecule has 0 N–H and O–H groups in total. The molecule has 6 heteroatoms. The summed E-state index contributed by atoms with van der Waals surface area (Å²) in [7, 11) is 0. The summed E-state index contributed by atoms with van der Waals surface area (Å²) in [5.41, 5.74) is 0. The van der Waals surface area contributed by atoms with Crippen molar-refractivity contribution in [2.24, 2.45) is 0 Å². The van der Waals surface area contributed by atoms with Gasteiger partial charge in [-0.3, -0.25) is 14.4 Å². The minimum Gasteiger partial charge on any atom is -0.462 e. The Labute approximate surface area is 465 Å². The summed E-state index contributed by atoms with van der Waals surface area (Å²) in [6.07, 6.45) is 83.0. The maximum atomic E-state index is 12.9. The van der Waals surface area contributed by atoms with Gasteiger partial charge in [-0.05, 0) is 96.3 Å². The maximum Gasteiger partial charge on any atom is 0.306 e. The highest BCUT2D eigenvalue weighted by Gasteiger charge is 2.19. The largest absolute Gasteiger partial charge is 0.462 e.